The number of piperidine rings is 1. The van der Waals surface area contributed by atoms with Crippen LogP contribution in [0.2, 0.25) is 0 Å². The highest BCUT2D eigenvalue weighted by Crippen LogP contribution is 2.40. The summed E-state index contributed by atoms with van der Waals surface area (Å²) < 4.78 is 21.3. The number of halogens is 1. The summed E-state index contributed by atoms with van der Waals surface area (Å²) in [7, 11) is 1.59. The number of thioether (sulfide) groups is 1. The molecular weight excluding hydrogens is 471 g/mol. The van der Waals surface area contributed by atoms with E-state index in [0.29, 0.717) is 17.7 Å². The summed E-state index contributed by atoms with van der Waals surface area (Å²) in [6.07, 6.45) is 5.29. The fourth-order valence-corrected chi connectivity index (χ4v) is 6.79. The van der Waals surface area contributed by atoms with E-state index in [4.69, 9.17) is 4.74 Å². The van der Waals surface area contributed by atoms with Crippen LogP contribution in [0.15, 0.2) is 46.1 Å². The second-order valence-electron chi connectivity index (χ2n) is 9.01. The number of fused-ring (bicyclic) bond motifs is 1. The van der Waals surface area contributed by atoms with Crippen LogP contribution in [0.5, 0.6) is 5.75 Å². The summed E-state index contributed by atoms with van der Waals surface area (Å²) in [5, 5.41) is 12.5. The summed E-state index contributed by atoms with van der Waals surface area (Å²) >= 11 is 3.65. The molecule has 4 rings (SSSR count). The van der Waals surface area contributed by atoms with E-state index in [1.54, 1.807) is 18.4 Å². The molecule has 8 heteroatoms. The van der Waals surface area contributed by atoms with Gasteiger partial charge in [-0.05, 0) is 85.8 Å². The lowest BCUT2D eigenvalue weighted by molar-refractivity contribution is -0.140. The van der Waals surface area contributed by atoms with E-state index in [1.165, 1.54) is 10.4 Å². The van der Waals surface area contributed by atoms with Crippen LogP contribution in [0.25, 0.3) is 10.9 Å². The van der Waals surface area contributed by atoms with Gasteiger partial charge >= 0.3 is 5.97 Å². The van der Waals surface area contributed by atoms with Crippen molar-refractivity contribution in [2.75, 3.05) is 32.5 Å². The molecule has 1 saturated heterocycles. The second kappa shape index (κ2) is 11.5. The van der Waals surface area contributed by atoms with Gasteiger partial charge in [-0.15, -0.1) is 23.1 Å². The van der Waals surface area contributed by atoms with Gasteiger partial charge in [0.2, 0.25) is 0 Å². The number of aromatic nitrogens is 1. The molecule has 0 amide bonds. The van der Waals surface area contributed by atoms with Crippen molar-refractivity contribution < 1.29 is 19.0 Å². The SMILES string of the molecule is COc1ccc2ncc(F)c(CCCC3(CC(=O)O)CCN(CCSc4cccs4)CC3)c2c1. The molecule has 34 heavy (non-hydrogen) atoms. The normalized spacial score (nSPS) is 16.1. The van der Waals surface area contributed by atoms with Crippen LogP contribution < -0.4 is 4.74 Å². The highest BCUT2D eigenvalue weighted by Gasteiger charge is 2.36. The molecule has 1 aromatic carbocycles. The number of carboxylic acid groups (broad SMARTS) is 1. The molecule has 1 aliphatic heterocycles. The molecule has 1 aliphatic rings. The quantitative estimate of drug-likeness (QED) is 0.319. The van der Waals surface area contributed by atoms with E-state index < -0.39 is 5.97 Å². The number of pyridine rings is 1. The van der Waals surface area contributed by atoms with Crippen LogP contribution in [0.1, 0.15) is 37.7 Å². The van der Waals surface area contributed by atoms with Crippen molar-refractivity contribution in [2.24, 2.45) is 5.41 Å². The minimum atomic E-state index is -0.744. The van der Waals surface area contributed by atoms with Crippen molar-refractivity contribution in [3.8, 4) is 5.75 Å². The fourth-order valence-electron chi connectivity index (χ4n) is 4.93. The van der Waals surface area contributed by atoms with Crippen LogP contribution >= 0.6 is 23.1 Å². The van der Waals surface area contributed by atoms with Gasteiger partial charge in [0.05, 0.1) is 29.5 Å². The number of carboxylic acids is 1. The van der Waals surface area contributed by atoms with E-state index in [0.717, 1.165) is 62.0 Å². The zero-order valence-corrected chi connectivity index (χ0v) is 21.1. The number of methoxy groups -OCH3 is 1. The van der Waals surface area contributed by atoms with Gasteiger partial charge in [0.1, 0.15) is 11.6 Å². The number of carbonyl (C=O) groups is 1. The smallest absolute Gasteiger partial charge is 0.303 e. The minimum absolute atomic E-state index is 0.179. The van der Waals surface area contributed by atoms with Crippen LogP contribution in [0.4, 0.5) is 4.39 Å². The number of aliphatic carboxylic acids is 1. The summed E-state index contributed by atoms with van der Waals surface area (Å²) in [5.41, 5.74) is 1.16. The van der Waals surface area contributed by atoms with Crippen molar-refractivity contribution in [1.82, 2.24) is 9.88 Å². The molecule has 1 fully saturated rings. The lowest BCUT2D eigenvalue weighted by Gasteiger charge is -2.41. The maximum Gasteiger partial charge on any atom is 0.303 e. The number of hydrogen-bond donors (Lipinski definition) is 1. The van der Waals surface area contributed by atoms with E-state index in [1.807, 2.05) is 30.0 Å². The average Bonchev–Trinajstić information content (AvgIpc) is 3.35. The zero-order chi connectivity index (χ0) is 24.0. The molecule has 3 heterocycles. The van der Waals surface area contributed by atoms with Crippen molar-refractivity contribution in [3.63, 3.8) is 0 Å². The molecular formula is C26H31FN2O3S2. The molecule has 0 aliphatic carbocycles. The largest absolute Gasteiger partial charge is 0.497 e. The van der Waals surface area contributed by atoms with Crippen molar-refractivity contribution in [2.45, 2.75) is 42.7 Å². The number of ether oxygens (including phenoxy) is 1. The molecule has 1 N–H and O–H groups in total. The zero-order valence-electron chi connectivity index (χ0n) is 19.5. The molecule has 182 valence electrons. The van der Waals surface area contributed by atoms with Crippen LogP contribution in [0, 0.1) is 11.2 Å². The number of thiophene rings is 1. The Labute approximate surface area is 208 Å². The van der Waals surface area contributed by atoms with Crippen LogP contribution in [-0.2, 0) is 11.2 Å². The maximum atomic E-state index is 14.7. The van der Waals surface area contributed by atoms with E-state index in [2.05, 4.69) is 27.4 Å². The predicted molar refractivity (Wildman–Crippen MR) is 137 cm³/mol. The van der Waals surface area contributed by atoms with Crippen LogP contribution in [0.3, 0.4) is 0 Å². The first-order valence-electron chi connectivity index (χ1n) is 11.7. The lowest BCUT2D eigenvalue weighted by atomic mass is 9.72. The Hall–Kier alpha value is -2.16. The van der Waals surface area contributed by atoms with Gasteiger partial charge in [-0.1, -0.05) is 6.07 Å². The Morgan fingerprint density at radius 3 is 2.85 bits per heavy atom. The Morgan fingerprint density at radius 2 is 2.15 bits per heavy atom. The molecule has 0 bridgehead atoms. The monoisotopic (exact) mass is 502 g/mol. The summed E-state index contributed by atoms with van der Waals surface area (Å²) in [6, 6.07) is 9.72. The second-order valence-corrected chi connectivity index (χ2v) is 11.4. The number of aryl methyl sites for hydroxylation is 1. The summed E-state index contributed by atoms with van der Waals surface area (Å²) in [4.78, 5) is 18.3. The number of rotatable bonds is 11. The number of benzene rings is 1. The Bertz CT molecular complexity index is 1100. The first kappa shape index (κ1) is 24.9. The van der Waals surface area contributed by atoms with Gasteiger partial charge in [-0.25, -0.2) is 4.39 Å². The summed E-state index contributed by atoms with van der Waals surface area (Å²) in [6.45, 7) is 2.85. The lowest BCUT2D eigenvalue weighted by Crippen LogP contribution is -2.42. The van der Waals surface area contributed by atoms with E-state index >= 15 is 0 Å². The number of hydrogen-bond acceptors (Lipinski definition) is 6. The van der Waals surface area contributed by atoms with E-state index in [-0.39, 0.29) is 17.7 Å². The molecule has 0 saturated carbocycles. The third-order valence-electron chi connectivity index (χ3n) is 6.86. The summed E-state index contributed by atoms with van der Waals surface area (Å²) in [5.74, 6) is 0.663. The molecule has 2 aromatic heterocycles. The first-order chi connectivity index (χ1) is 16.5. The molecule has 0 atom stereocenters. The number of nitrogens with zero attached hydrogens (tertiary/aromatic N) is 2. The van der Waals surface area contributed by atoms with E-state index in [9.17, 15) is 14.3 Å². The third-order valence-corrected chi connectivity index (χ3v) is 8.97. The van der Waals surface area contributed by atoms with Crippen molar-refractivity contribution in [3.05, 3.63) is 53.3 Å². The number of likely N-dealkylation sites (tertiary alicyclic amines) is 1. The van der Waals surface area contributed by atoms with Crippen LogP contribution in [-0.4, -0.2) is 53.5 Å². The van der Waals surface area contributed by atoms with Crippen molar-refractivity contribution in [1.29, 1.82) is 0 Å². The molecule has 0 unspecified atom stereocenters. The standard InChI is InChI=1S/C26H31FN2O3S2/c1-32-19-6-7-23-21(16-19)20(22(27)18-28-23)4-2-8-26(17-24(30)31)9-11-29(12-10-26)13-15-34-25-5-3-14-33-25/h3,5-7,14,16,18H,2,4,8-13,15,17H2,1H3,(H,30,31). The Kier molecular flexibility index (Phi) is 8.45. The highest BCUT2D eigenvalue weighted by molar-refractivity contribution is 8.01. The third kappa shape index (κ3) is 6.29. The van der Waals surface area contributed by atoms with Gasteiger partial charge < -0.3 is 14.7 Å². The Morgan fingerprint density at radius 1 is 1.32 bits per heavy atom. The Balaban J connectivity index is 1.36. The predicted octanol–water partition coefficient (Wildman–Crippen LogP) is 6.12. The highest BCUT2D eigenvalue weighted by atomic mass is 32.2. The van der Waals surface area contributed by atoms with Gasteiger partial charge in [0, 0.05) is 17.7 Å². The van der Waals surface area contributed by atoms with Gasteiger partial charge in [0.25, 0.3) is 0 Å². The van der Waals surface area contributed by atoms with Gasteiger partial charge in [-0.2, -0.15) is 0 Å². The molecule has 5 nitrogen and oxygen atoms in total. The van der Waals surface area contributed by atoms with Gasteiger partial charge in [-0.3, -0.25) is 9.78 Å². The fraction of sp³-hybridized carbons (Fsp3) is 0.462. The average molecular weight is 503 g/mol. The molecule has 0 radical (unpaired) electrons. The maximum absolute atomic E-state index is 14.7. The minimum Gasteiger partial charge on any atom is -0.497 e. The molecule has 0 spiro atoms. The van der Waals surface area contributed by atoms with Gasteiger partial charge in [0.15, 0.2) is 0 Å². The topological polar surface area (TPSA) is 62.7 Å². The van der Waals surface area contributed by atoms with Crippen molar-refractivity contribution >= 4 is 40.0 Å². The first-order valence-corrected chi connectivity index (χ1v) is 13.6. The molecule has 3 aromatic rings.